The molecule has 0 aliphatic heterocycles. The van der Waals surface area contributed by atoms with E-state index in [0.29, 0.717) is 0 Å². The normalized spacial score (nSPS) is 13.7. The SMILES string of the molecule is CCCCCCCCCCCCC(C)CCCCCCC(C)CCCCCCC. The Hall–Kier alpha value is 0. The molecule has 0 spiro atoms. The molecule has 176 valence electrons. The zero-order valence-corrected chi connectivity index (χ0v) is 21.4. The highest BCUT2D eigenvalue weighted by Crippen LogP contribution is 2.21. The lowest BCUT2D eigenvalue weighted by atomic mass is 9.94. The van der Waals surface area contributed by atoms with Crippen molar-refractivity contribution in [3.05, 3.63) is 0 Å². The summed E-state index contributed by atoms with van der Waals surface area (Å²) < 4.78 is 0. The molecule has 0 radical (unpaired) electrons. The van der Waals surface area contributed by atoms with Crippen LogP contribution in [-0.2, 0) is 0 Å². The van der Waals surface area contributed by atoms with Crippen molar-refractivity contribution in [2.45, 2.75) is 175 Å². The molecule has 0 aliphatic carbocycles. The van der Waals surface area contributed by atoms with Gasteiger partial charge in [0, 0.05) is 0 Å². The number of unbranched alkanes of at least 4 members (excludes halogenated alkanes) is 16. The molecule has 0 aromatic carbocycles. The second-order valence-corrected chi connectivity index (χ2v) is 10.4. The van der Waals surface area contributed by atoms with E-state index in [-0.39, 0.29) is 0 Å². The van der Waals surface area contributed by atoms with Gasteiger partial charge in [0.2, 0.25) is 0 Å². The number of hydrogen-bond donors (Lipinski definition) is 0. The van der Waals surface area contributed by atoms with Gasteiger partial charge < -0.3 is 0 Å². The van der Waals surface area contributed by atoms with Crippen molar-refractivity contribution in [2.75, 3.05) is 0 Å². The highest BCUT2D eigenvalue weighted by atomic mass is 14.1. The molecule has 0 fully saturated rings. The minimum Gasteiger partial charge on any atom is -0.0654 e. The van der Waals surface area contributed by atoms with Crippen molar-refractivity contribution < 1.29 is 0 Å². The zero-order valence-electron chi connectivity index (χ0n) is 21.4. The average Bonchev–Trinajstić information content (AvgIpc) is 2.71. The first-order chi connectivity index (χ1) is 14.2. The molecule has 0 aliphatic rings. The molecule has 0 aromatic rings. The molecular weight excluding hydrogens is 348 g/mol. The van der Waals surface area contributed by atoms with Gasteiger partial charge in [-0.05, 0) is 11.8 Å². The Morgan fingerprint density at radius 3 is 0.759 bits per heavy atom. The summed E-state index contributed by atoms with van der Waals surface area (Å²) in [4.78, 5) is 0. The Morgan fingerprint density at radius 1 is 0.310 bits per heavy atom. The summed E-state index contributed by atoms with van der Waals surface area (Å²) in [5, 5.41) is 0. The topological polar surface area (TPSA) is 0 Å². The predicted octanol–water partition coefficient (Wildman–Crippen LogP) is 11.3. The minimum absolute atomic E-state index is 0.964. The fourth-order valence-electron chi connectivity index (χ4n) is 4.70. The van der Waals surface area contributed by atoms with Crippen LogP contribution in [0.1, 0.15) is 175 Å². The van der Waals surface area contributed by atoms with Gasteiger partial charge in [-0.2, -0.15) is 0 Å². The van der Waals surface area contributed by atoms with Crippen molar-refractivity contribution in [3.8, 4) is 0 Å². The third kappa shape index (κ3) is 24.1. The van der Waals surface area contributed by atoms with Crippen molar-refractivity contribution >= 4 is 0 Å². The van der Waals surface area contributed by atoms with E-state index in [2.05, 4.69) is 27.7 Å². The maximum atomic E-state index is 2.49. The highest BCUT2D eigenvalue weighted by Gasteiger charge is 2.04. The van der Waals surface area contributed by atoms with Crippen molar-refractivity contribution in [1.29, 1.82) is 0 Å². The van der Waals surface area contributed by atoms with Crippen molar-refractivity contribution in [3.63, 3.8) is 0 Å². The first-order valence-corrected chi connectivity index (χ1v) is 14.2. The maximum Gasteiger partial charge on any atom is -0.0443 e. The summed E-state index contributed by atoms with van der Waals surface area (Å²) in [5.41, 5.74) is 0. The monoisotopic (exact) mass is 408 g/mol. The Morgan fingerprint density at radius 2 is 0.517 bits per heavy atom. The lowest BCUT2D eigenvalue weighted by Crippen LogP contribution is -1.97. The van der Waals surface area contributed by atoms with Crippen LogP contribution in [0.5, 0.6) is 0 Å². The Kier molecular flexibility index (Phi) is 24.3. The van der Waals surface area contributed by atoms with Gasteiger partial charge in [-0.1, -0.05) is 175 Å². The molecule has 0 nitrogen and oxygen atoms in total. The Labute approximate surface area is 187 Å². The van der Waals surface area contributed by atoms with Crippen molar-refractivity contribution in [1.82, 2.24) is 0 Å². The molecule has 2 unspecified atom stereocenters. The molecule has 29 heavy (non-hydrogen) atoms. The lowest BCUT2D eigenvalue weighted by molar-refractivity contribution is 0.413. The third-order valence-electron chi connectivity index (χ3n) is 6.99. The zero-order chi connectivity index (χ0) is 21.4. The number of rotatable bonds is 24. The quantitative estimate of drug-likeness (QED) is 0.139. The first-order valence-electron chi connectivity index (χ1n) is 14.2. The van der Waals surface area contributed by atoms with Crippen LogP contribution in [0.2, 0.25) is 0 Å². The first kappa shape index (κ1) is 29.0. The van der Waals surface area contributed by atoms with Crippen LogP contribution in [0, 0.1) is 11.8 Å². The molecule has 0 heterocycles. The molecule has 0 rings (SSSR count). The molecule has 0 aromatic heterocycles. The third-order valence-corrected chi connectivity index (χ3v) is 6.99. The van der Waals surface area contributed by atoms with Gasteiger partial charge in [-0.3, -0.25) is 0 Å². The summed E-state index contributed by atoms with van der Waals surface area (Å²) in [7, 11) is 0. The van der Waals surface area contributed by atoms with Gasteiger partial charge in [-0.15, -0.1) is 0 Å². The van der Waals surface area contributed by atoms with Crippen LogP contribution < -0.4 is 0 Å². The fourth-order valence-corrected chi connectivity index (χ4v) is 4.70. The van der Waals surface area contributed by atoms with E-state index in [1.54, 1.807) is 0 Å². The Bertz CT molecular complexity index is 282. The van der Waals surface area contributed by atoms with Gasteiger partial charge >= 0.3 is 0 Å². The van der Waals surface area contributed by atoms with Crippen LogP contribution in [-0.4, -0.2) is 0 Å². The van der Waals surface area contributed by atoms with E-state index in [1.807, 2.05) is 0 Å². The molecule has 0 saturated carbocycles. The molecule has 0 amide bonds. The molecule has 0 bridgehead atoms. The van der Waals surface area contributed by atoms with Gasteiger partial charge in [0.1, 0.15) is 0 Å². The minimum atomic E-state index is 0.964. The van der Waals surface area contributed by atoms with E-state index < -0.39 is 0 Å². The van der Waals surface area contributed by atoms with Crippen LogP contribution in [0.4, 0.5) is 0 Å². The summed E-state index contributed by atoms with van der Waals surface area (Å²) in [5.74, 6) is 1.93. The average molecular weight is 409 g/mol. The second kappa shape index (κ2) is 24.3. The molecular formula is C29H60. The van der Waals surface area contributed by atoms with Gasteiger partial charge in [0.15, 0.2) is 0 Å². The highest BCUT2D eigenvalue weighted by molar-refractivity contribution is 4.58. The largest absolute Gasteiger partial charge is 0.0654 e. The van der Waals surface area contributed by atoms with Crippen LogP contribution in [0.25, 0.3) is 0 Å². The molecule has 0 heteroatoms. The molecule has 2 atom stereocenters. The lowest BCUT2D eigenvalue weighted by Gasteiger charge is -2.12. The van der Waals surface area contributed by atoms with E-state index >= 15 is 0 Å². The second-order valence-electron chi connectivity index (χ2n) is 10.4. The summed E-state index contributed by atoms with van der Waals surface area (Å²) >= 11 is 0. The maximum absolute atomic E-state index is 2.49. The van der Waals surface area contributed by atoms with Gasteiger partial charge in [0.25, 0.3) is 0 Å². The van der Waals surface area contributed by atoms with Crippen LogP contribution in [0.15, 0.2) is 0 Å². The standard InChI is InChI=1S/C29H60/c1-5-7-9-11-12-13-14-15-17-21-25-29(4)27-23-19-18-22-26-28(3)24-20-16-10-8-6-2/h28-29H,5-27H2,1-4H3. The predicted molar refractivity (Wildman–Crippen MR) is 136 cm³/mol. The summed E-state index contributed by atoms with van der Waals surface area (Å²) in [6.45, 7) is 9.59. The number of hydrogen-bond acceptors (Lipinski definition) is 0. The van der Waals surface area contributed by atoms with E-state index in [0.717, 1.165) is 11.8 Å². The summed E-state index contributed by atoms with van der Waals surface area (Å²) in [6, 6.07) is 0. The van der Waals surface area contributed by atoms with E-state index in [4.69, 9.17) is 0 Å². The Balaban J connectivity index is 3.24. The van der Waals surface area contributed by atoms with Crippen LogP contribution in [0.3, 0.4) is 0 Å². The van der Waals surface area contributed by atoms with E-state index in [1.165, 1.54) is 148 Å². The summed E-state index contributed by atoms with van der Waals surface area (Å²) in [6.07, 6.45) is 33.7. The van der Waals surface area contributed by atoms with Crippen LogP contribution >= 0.6 is 0 Å². The molecule has 0 saturated heterocycles. The van der Waals surface area contributed by atoms with Crippen molar-refractivity contribution in [2.24, 2.45) is 11.8 Å². The van der Waals surface area contributed by atoms with Gasteiger partial charge in [-0.25, -0.2) is 0 Å². The van der Waals surface area contributed by atoms with Gasteiger partial charge in [0.05, 0.1) is 0 Å². The molecule has 0 N–H and O–H groups in total. The smallest absolute Gasteiger partial charge is 0.0443 e. The van der Waals surface area contributed by atoms with E-state index in [9.17, 15) is 0 Å². The fraction of sp³-hybridized carbons (Fsp3) is 1.00.